The second-order valence-electron chi connectivity index (χ2n) is 4.70. The summed E-state index contributed by atoms with van der Waals surface area (Å²) in [5.74, 6) is 0.384. The van der Waals surface area contributed by atoms with Crippen molar-refractivity contribution in [1.82, 2.24) is 9.55 Å². The predicted octanol–water partition coefficient (Wildman–Crippen LogP) is 3.92. The van der Waals surface area contributed by atoms with Crippen molar-refractivity contribution in [2.24, 2.45) is 0 Å². The maximum absolute atomic E-state index is 12.6. The molecule has 104 valence electrons. The number of imidazole rings is 1. The predicted molar refractivity (Wildman–Crippen MR) is 85.3 cm³/mol. The van der Waals surface area contributed by atoms with Crippen LogP contribution in [0.4, 0.5) is 0 Å². The van der Waals surface area contributed by atoms with E-state index in [2.05, 4.69) is 20.9 Å². The Morgan fingerprint density at radius 3 is 2.67 bits per heavy atom. The lowest BCUT2D eigenvalue weighted by Gasteiger charge is -2.07. The first-order valence-corrected chi connectivity index (χ1v) is 7.38. The molecule has 0 aliphatic rings. The lowest BCUT2D eigenvalue weighted by atomic mass is 10.1. The van der Waals surface area contributed by atoms with E-state index in [9.17, 15) is 4.79 Å². The molecule has 0 bridgehead atoms. The van der Waals surface area contributed by atoms with Crippen LogP contribution in [0.15, 0.2) is 71.5 Å². The average Bonchev–Trinajstić information content (AvgIpc) is 2.95. The van der Waals surface area contributed by atoms with Gasteiger partial charge in [-0.15, -0.1) is 0 Å². The summed E-state index contributed by atoms with van der Waals surface area (Å²) in [5, 5.41) is 0. The molecule has 3 nitrogen and oxygen atoms in total. The van der Waals surface area contributed by atoms with Crippen molar-refractivity contribution in [3.63, 3.8) is 0 Å². The van der Waals surface area contributed by atoms with E-state index in [-0.39, 0.29) is 5.78 Å². The Labute approximate surface area is 131 Å². The molecule has 21 heavy (non-hydrogen) atoms. The highest BCUT2D eigenvalue weighted by Crippen LogP contribution is 2.15. The summed E-state index contributed by atoms with van der Waals surface area (Å²) >= 11 is 3.39. The van der Waals surface area contributed by atoms with Crippen LogP contribution in [0.1, 0.15) is 21.7 Å². The molecule has 0 atom stereocenters. The summed E-state index contributed by atoms with van der Waals surface area (Å²) in [6, 6.07) is 17.4. The van der Waals surface area contributed by atoms with Crippen molar-refractivity contribution in [2.75, 3.05) is 0 Å². The molecule has 0 saturated carbocycles. The van der Waals surface area contributed by atoms with Gasteiger partial charge in [0.2, 0.25) is 5.78 Å². The summed E-state index contributed by atoms with van der Waals surface area (Å²) in [4.78, 5) is 16.8. The maximum Gasteiger partial charge on any atom is 0.228 e. The van der Waals surface area contributed by atoms with Crippen molar-refractivity contribution in [2.45, 2.75) is 6.54 Å². The molecule has 3 aromatic rings. The minimum absolute atomic E-state index is 0.0720. The van der Waals surface area contributed by atoms with E-state index in [4.69, 9.17) is 0 Å². The Bertz CT molecular complexity index is 765. The zero-order chi connectivity index (χ0) is 14.7. The molecule has 0 spiro atoms. The van der Waals surface area contributed by atoms with Gasteiger partial charge in [-0.1, -0.05) is 58.4 Å². The van der Waals surface area contributed by atoms with Crippen molar-refractivity contribution < 1.29 is 4.79 Å². The Balaban J connectivity index is 1.90. The first-order chi connectivity index (χ1) is 10.2. The molecule has 0 aliphatic heterocycles. The van der Waals surface area contributed by atoms with Gasteiger partial charge in [0.25, 0.3) is 0 Å². The third-order valence-corrected chi connectivity index (χ3v) is 3.69. The molecule has 0 N–H and O–H groups in total. The highest BCUT2D eigenvalue weighted by molar-refractivity contribution is 9.10. The first kappa shape index (κ1) is 13.8. The highest BCUT2D eigenvalue weighted by Gasteiger charge is 2.15. The minimum atomic E-state index is -0.0720. The topological polar surface area (TPSA) is 34.9 Å². The number of ketones is 1. The van der Waals surface area contributed by atoms with Gasteiger partial charge in [-0.25, -0.2) is 4.98 Å². The third kappa shape index (κ3) is 3.11. The van der Waals surface area contributed by atoms with Crippen LogP contribution in [-0.4, -0.2) is 15.3 Å². The van der Waals surface area contributed by atoms with Gasteiger partial charge in [0.05, 0.1) is 0 Å². The second kappa shape index (κ2) is 6.06. The van der Waals surface area contributed by atoms with E-state index in [1.54, 1.807) is 12.3 Å². The van der Waals surface area contributed by atoms with E-state index in [0.29, 0.717) is 17.9 Å². The molecule has 4 heteroatoms. The van der Waals surface area contributed by atoms with Gasteiger partial charge < -0.3 is 4.57 Å². The summed E-state index contributed by atoms with van der Waals surface area (Å²) < 4.78 is 2.76. The van der Waals surface area contributed by atoms with Crippen LogP contribution in [-0.2, 0) is 6.54 Å². The van der Waals surface area contributed by atoms with Gasteiger partial charge in [-0.05, 0) is 17.7 Å². The van der Waals surface area contributed by atoms with Crippen LogP contribution < -0.4 is 0 Å². The van der Waals surface area contributed by atoms with Gasteiger partial charge in [-0.2, -0.15) is 0 Å². The summed E-state index contributed by atoms with van der Waals surface area (Å²) in [6.45, 7) is 0.635. The first-order valence-electron chi connectivity index (χ1n) is 6.59. The number of hydrogen-bond donors (Lipinski definition) is 0. The summed E-state index contributed by atoms with van der Waals surface area (Å²) in [7, 11) is 0. The molecule has 2 aromatic carbocycles. The van der Waals surface area contributed by atoms with E-state index in [1.807, 2.05) is 59.3 Å². The average molecular weight is 341 g/mol. The van der Waals surface area contributed by atoms with Crippen molar-refractivity contribution >= 4 is 21.7 Å². The Hall–Kier alpha value is -2.20. The minimum Gasteiger partial charge on any atom is -0.324 e. The van der Waals surface area contributed by atoms with Crippen molar-refractivity contribution in [3.05, 3.63) is 88.4 Å². The number of benzene rings is 2. The molecule has 0 amide bonds. The van der Waals surface area contributed by atoms with Crippen molar-refractivity contribution in [1.29, 1.82) is 0 Å². The molecule has 0 fully saturated rings. The molecule has 0 saturated heterocycles. The standard InChI is InChI=1S/C17H13BrN2O/c18-15-8-4-7-14(11-15)16(21)17-19-9-10-20(17)12-13-5-2-1-3-6-13/h1-11H,12H2. The molecular weight excluding hydrogens is 328 g/mol. The molecule has 0 unspecified atom stereocenters. The van der Waals surface area contributed by atoms with Crippen LogP contribution in [0.2, 0.25) is 0 Å². The zero-order valence-electron chi connectivity index (χ0n) is 11.2. The third-order valence-electron chi connectivity index (χ3n) is 3.20. The zero-order valence-corrected chi connectivity index (χ0v) is 12.8. The SMILES string of the molecule is O=C(c1cccc(Br)c1)c1nccn1Cc1ccccc1. The van der Waals surface area contributed by atoms with Crippen molar-refractivity contribution in [3.8, 4) is 0 Å². The number of nitrogens with zero attached hydrogens (tertiary/aromatic N) is 2. The lowest BCUT2D eigenvalue weighted by Crippen LogP contribution is -2.12. The Morgan fingerprint density at radius 2 is 1.90 bits per heavy atom. The number of carbonyl (C=O) groups excluding carboxylic acids is 1. The molecule has 3 rings (SSSR count). The smallest absolute Gasteiger partial charge is 0.228 e. The normalized spacial score (nSPS) is 10.5. The van der Waals surface area contributed by atoms with E-state index in [1.165, 1.54) is 0 Å². The fourth-order valence-electron chi connectivity index (χ4n) is 2.18. The van der Waals surface area contributed by atoms with E-state index in [0.717, 1.165) is 10.0 Å². The Kier molecular flexibility index (Phi) is 3.97. The van der Waals surface area contributed by atoms with E-state index >= 15 is 0 Å². The molecular formula is C17H13BrN2O. The largest absolute Gasteiger partial charge is 0.324 e. The highest BCUT2D eigenvalue weighted by atomic mass is 79.9. The second-order valence-corrected chi connectivity index (χ2v) is 5.62. The van der Waals surface area contributed by atoms with Gasteiger partial charge in [-0.3, -0.25) is 4.79 Å². The van der Waals surface area contributed by atoms with Crippen LogP contribution in [0.3, 0.4) is 0 Å². The molecule has 1 heterocycles. The van der Waals surface area contributed by atoms with Gasteiger partial charge in [0, 0.05) is 29.0 Å². The van der Waals surface area contributed by atoms with Crippen LogP contribution in [0.25, 0.3) is 0 Å². The van der Waals surface area contributed by atoms with Crippen LogP contribution >= 0.6 is 15.9 Å². The number of rotatable bonds is 4. The monoisotopic (exact) mass is 340 g/mol. The molecule has 0 radical (unpaired) electrons. The van der Waals surface area contributed by atoms with Gasteiger partial charge in [0.1, 0.15) is 0 Å². The lowest BCUT2D eigenvalue weighted by molar-refractivity contribution is 0.102. The maximum atomic E-state index is 12.6. The molecule has 0 aliphatic carbocycles. The number of aromatic nitrogens is 2. The van der Waals surface area contributed by atoms with Gasteiger partial charge in [0.15, 0.2) is 5.82 Å². The summed E-state index contributed by atoms with van der Waals surface area (Å²) in [5.41, 5.74) is 1.77. The fraction of sp³-hybridized carbons (Fsp3) is 0.0588. The van der Waals surface area contributed by atoms with Gasteiger partial charge >= 0.3 is 0 Å². The quantitative estimate of drug-likeness (QED) is 0.674. The fourth-order valence-corrected chi connectivity index (χ4v) is 2.58. The van der Waals surface area contributed by atoms with Crippen LogP contribution in [0, 0.1) is 0 Å². The van der Waals surface area contributed by atoms with Crippen LogP contribution in [0.5, 0.6) is 0 Å². The molecule has 1 aromatic heterocycles. The number of hydrogen-bond acceptors (Lipinski definition) is 2. The Morgan fingerprint density at radius 1 is 1.10 bits per heavy atom. The number of carbonyl (C=O) groups is 1. The number of halogens is 1. The van der Waals surface area contributed by atoms with E-state index < -0.39 is 0 Å². The summed E-state index contributed by atoms with van der Waals surface area (Å²) in [6.07, 6.45) is 3.49.